The van der Waals surface area contributed by atoms with Crippen LogP contribution in [0.25, 0.3) is 0 Å². The molecule has 246 valence electrons. The van der Waals surface area contributed by atoms with Crippen LogP contribution in [0.1, 0.15) is 196 Å². The summed E-state index contributed by atoms with van der Waals surface area (Å²) in [5.74, 6) is 0.679. The summed E-state index contributed by atoms with van der Waals surface area (Å²) >= 11 is 4.31. The van der Waals surface area contributed by atoms with E-state index in [9.17, 15) is 0 Å². The van der Waals surface area contributed by atoms with E-state index in [1.807, 2.05) is 0 Å². The molecular weight excluding hydrogens is 559 g/mol. The van der Waals surface area contributed by atoms with Crippen LogP contribution in [0.4, 0.5) is 0 Å². The Morgan fingerprint density at radius 2 is 1.58 bits per heavy atom. The van der Waals surface area contributed by atoms with Crippen molar-refractivity contribution in [3.05, 3.63) is 49.7 Å². The average Bonchev–Trinajstić information content (AvgIpc) is 3.73. The number of unbranched alkanes of at least 4 members (excludes halogenated alkanes) is 3. The summed E-state index contributed by atoms with van der Waals surface area (Å²) in [6, 6.07) is 5.66. The fraction of sp³-hybridized carbons (Fsp3) is 0.775. The fourth-order valence-corrected chi connectivity index (χ4v) is 11.4. The molecule has 3 heteroatoms. The van der Waals surface area contributed by atoms with Crippen LogP contribution in [-0.2, 0) is 28.2 Å². The van der Waals surface area contributed by atoms with Crippen LogP contribution in [-0.4, -0.2) is 6.04 Å². The highest BCUT2D eigenvalue weighted by Gasteiger charge is 2.45. The average molecular weight is 627 g/mol. The number of nitrogens with one attached hydrogen (secondary N) is 1. The van der Waals surface area contributed by atoms with Crippen molar-refractivity contribution in [2.75, 3.05) is 0 Å². The monoisotopic (exact) mass is 626 g/mol. The molecule has 0 saturated carbocycles. The minimum atomic E-state index is 0.0112. The minimum absolute atomic E-state index is 0.0112. The van der Waals surface area contributed by atoms with E-state index < -0.39 is 0 Å². The quantitative estimate of drug-likeness (QED) is 0.121. The largest absolute Gasteiger partial charge is 0.343 e. The number of rotatable bonds is 19. The van der Waals surface area contributed by atoms with Gasteiger partial charge in [0.2, 0.25) is 0 Å². The highest BCUT2D eigenvalue weighted by atomic mass is 32.1. The normalized spacial score (nSPS) is 21.3. The van der Waals surface area contributed by atoms with Gasteiger partial charge in [-0.1, -0.05) is 94.9 Å². The molecule has 0 aliphatic heterocycles. The highest BCUT2D eigenvalue weighted by Crippen LogP contribution is 2.55. The first-order valence-corrected chi connectivity index (χ1v) is 19.9. The molecule has 1 aliphatic rings. The Morgan fingerprint density at radius 1 is 0.907 bits per heavy atom. The summed E-state index contributed by atoms with van der Waals surface area (Å²) in [6.07, 6.45) is 17.1. The van der Waals surface area contributed by atoms with Crippen LogP contribution in [0, 0.1) is 6.92 Å². The van der Waals surface area contributed by atoms with Crippen LogP contribution in [0.2, 0.25) is 0 Å². The van der Waals surface area contributed by atoms with E-state index >= 15 is 0 Å². The van der Waals surface area contributed by atoms with Gasteiger partial charge >= 0.3 is 0 Å². The van der Waals surface area contributed by atoms with E-state index in [2.05, 4.69) is 123 Å². The van der Waals surface area contributed by atoms with E-state index in [-0.39, 0.29) is 16.4 Å². The summed E-state index contributed by atoms with van der Waals surface area (Å²) in [4.78, 5) is 6.54. The fourth-order valence-electron chi connectivity index (χ4n) is 7.82. The van der Waals surface area contributed by atoms with E-state index in [1.54, 1.807) is 30.6 Å². The van der Waals surface area contributed by atoms with Crippen LogP contribution in [0.5, 0.6) is 0 Å². The van der Waals surface area contributed by atoms with Gasteiger partial charge in [-0.25, -0.2) is 0 Å². The van der Waals surface area contributed by atoms with Crippen molar-refractivity contribution >= 4 is 22.7 Å². The van der Waals surface area contributed by atoms with Crippen molar-refractivity contribution < 1.29 is 0 Å². The van der Waals surface area contributed by atoms with Gasteiger partial charge in [0.15, 0.2) is 0 Å². The second-order valence-corrected chi connectivity index (χ2v) is 16.9. The maximum Gasteiger partial charge on any atom is 0.0525 e. The van der Waals surface area contributed by atoms with E-state index in [0.29, 0.717) is 17.4 Å². The zero-order valence-electron chi connectivity index (χ0n) is 30.2. The number of fused-ring (bicyclic) bond motifs is 1. The molecule has 0 saturated heterocycles. The smallest absolute Gasteiger partial charge is 0.0525 e. The predicted molar refractivity (Wildman–Crippen MR) is 197 cm³/mol. The van der Waals surface area contributed by atoms with Crippen molar-refractivity contribution in [3.63, 3.8) is 0 Å². The summed E-state index contributed by atoms with van der Waals surface area (Å²) in [5, 5.41) is 4.40. The first kappa shape index (κ1) is 36.8. The van der Waals surface area contributed by atoms with E-state index in [0.717, 1.165) is 25.7 Å². The van der Waals surface area contributed by atoms with E-state index in [1.165, 1.54) is 64.2 Å². The molecule has 1 nitrogen and oxygen atoms in total. The Bertz CT molecular complexity index is 1130. The molecule has 1 aliphatic carbocycles. The zero-order chi connectivity index (χ0) is 32.1. The van der Waals surface area contributed by atoms with E-state index in [4.69, 9.17) is 0 Å². The molecule has 4 atom stereocenters. The molecule has 0 spiro atoms. The van der Waals surface area contributed by atoms with Crippen LogP contribution in [0.15, 0.2) is 12.1 Å². The van der Waals surface area contributed by atoms with Gasteiger partial charge in [-0.3, -0.25) is 0 Å². The molecule has 0 fully saturated rings. The second kappa shape index (κ2) is 15.3. The van der Waals surface area contributed by atoms with Gasteiger partial charge in [0.25, 0.3) is 0 Å². The Balaban J connectivity index is 2.04. The summed E-state index contributed by atoms with van der Waals surface area (Å²) in [6.45, 7) is 31.1. The minimum Gasteiger partial charge on any atom is -0.343 e. The molecule has 3 rings (SSSR count). The third-order valence-electron chi connectivity index (χ3n) is 12.4. The van der Waals surface area contributed by atoms with Crippen molar-refractivity contribution in [2.45, 2.75) is 200 Å². The molecule has 1 N–H and O–H groups in total. The lowest BCUT2D eigenvalue weighted by Gasteiger charge is -2.43. The maximum atomic E-state index is 4.40. The van der Waals surface area contributed by atoms with Gasteiger partial charge < -0.3 is 12.2 Å². The van der Waals surface area contributed by atoms with Crippen molar-refractivity contribution in [2.24, 2.45) is 0 Å². The first-order valence-electron chi connectivity index (χ1n) is 18.3. The lowest BCUT2D eigenvalue weighted by molar-refractivity contribution is 0.217. The number of thiophene rings is 2. The highest BCUT2D eigenvalue weighted by molar-refractivity contribution is 7.12. The molecule has 0 bridgehead atoms. The summed E-state index contributed by atoms with van der Waals surface area (Å²) in [5.41, 5.74) is 4.00. The molecule has 0 radical (unpaired) electrons. The Hall–Kier alpha value is -0.640. The van der Waals surface area contributed by atoms with Crippen LogP contribution >= 0.6 is 22.7 Å². The van der Waals surface area contributed by atoms with Gasteiger partial charge in [0.05, 0.1) is 5.54 Å². The standard InChI is InChI=1S/C40H68NS2/c1-13-21-22-23-25-30-26-33(37(10,15-3)16-4)42-35(30)39(12,18-6)29(9)41-40(19-7,20-8)34-27-32-31(24-14-2)28-38(11,17-5)36(32)43-34/h26-27,29,31,41H,2,13-25,28H2,1,3-12H3/q-1. The third-order valence-corrected chi connectivity index (χ3v) is 15.8. The lowest BCUT2D eigenvalue weighted by atomic mass is 9.75. The molecule has 0 amide bonds. The second-order valence-electron chi connectivity index (χ2n) is 14.8. The van der Waals surface area contributed by atoms with Gasteiger partial charge in [-0.15, -0.1) is 22.7 Å². The summed E-state index contributed by atoms with van der Waals surface area (Å²) in [7, 11) is 0. The number of aryl methyl sites for hydroxylation is 1. The number of hydrogen-bond donors (Lipinski definition) is 1. The van der Waals surface area contributed by atoms with Crippen molar-refractivity contribution in [1.29, 1.82) is 0 Å². The Morgan fingerprint density at radius 3 is 2.12 bits per heavy atom. The van der Waals surface area contributed by atoms with Gasteiger partial charge in [-0.2, -0.15) is 6.42 Å². The molecule has 4 unspecified atom stereocenters. The molecule has 2 heterocycles. The van der Waals surface area contributed by atoms with Gasteiger partial charge in [0.1, 0.15) is 0 Å². The van der Waals surface area contributed by atoms with Gasteiger partial charge in [0, 0.05) is 41.8 Å². The SMILES string of the molecule is [CH2-]CCC1CC(C)(CC)c2sc(C(CC)(CC)NC(C)C(C)(CC)c3sc(C(C)(CC)CC)cc3CCCCCC)cc21. The molecule has 2 aromatic heterocycles. The molecular formula is C40H68NS2-. The topological polar surface area (TPSA) is 12.0 Å². The van der Waals surface area contributed by atoms with Crippen LogP contribution < -0.4 is 5.32 Å². The van der Waals surface area contributed by atoms with Gasteiger partial charge in [-0.05, 0) is 93.9 Å². The predicted octanol–water partition coefficient (Wildman–Crippen LogP) is 13.1. The maximum absolute atomic E-state index is 4.40. The zero-order valence-corrected chi connectivity index (χ0v) is 31.9. The Labute approximate surface area is 276 Å². The van der Waals surface area contributed by atoms with Crippen LogP contribution in [0.3, 0.4) is 0 Å². The molecule has 43 heavy (non-hydrogen) atoms. The Kier molecular flexibility index (Phi) is 13.1. The third kappa shape index (κ3) is 7.20. The summed E-state index contributed by atoms with van der Waals surface area (Å²) < 4.78 is 0. The molecule has 2 aromatic rings. The first-order chi connectivity index (χ1) is 20.4. The van der Waals surface area contributed by atoms with Crippen molar-refractivity contribution in [3.8, 4) is 0 Å². The molecule has 0 aromatic carbocycles. The van der Waals surface area contributed by atoms with Crippen molar-refractivity contribution in [1.82, 2.24) is 5.32 Å². The lowest BCUT2D eigenvalue weighted by Crippen LogP contribution is -2.53. The number of hydrogen-bond acceptors (Lipinski definition) is 3.